The predicted molar refractivity (Wildman–Crippen MR) is 85.0 cm³/mol. The van der Waals surface area contributed by atoms with Gasteiger partial charge >= 0.3 is 0 Å². The lowest BCUT2D eigenvalue weighted by Gasteiger charge is -1.97. The minimum absolute atomic E-state index is 1.18. The SMILES string of the molecule is CC/C=C/CCCC/C=C/CCCCCCCC. The average molecular weight is 250 g/mol. The number of rotatable bonds is 13. The van der Waals surface area contributed by atoms with Crippen molar-refractivity contribution in [1.29, 1.82) is 0 Å². The minimum Gasteiger partial charge on any atom is -0.0888 e. The van der Waals surface area contributed by atoms with Crippen LogP contribution in [0, 0.1) is 0 Å². The van der Waals surface area contributed by atoms with Gasteiger partial charge in [0.05, 0.1) is 0 Å². The smallest absolute Gasteiger partial charge is 0.0351 e. The van der Waals surface area contributed by atoms with E-state index in [9.17, 15) is 0 Å². The van der Waals surface area contributed by atoms with Crippen molar-refractivity contribution in [2.75, 3.05) is 0 Å². The molecule has 0 unspecified atom stereocenters. The highest BCUT2D eigenvalue weighted by atomic mass is 13.9. The molecular formula is C18H34. The van der Waals surface area contributed by atoms with Crippen LogP contribution in [0.1, 0.15) is 90.9 Å². The van der Waals surface area contributed by atoms with Gasteiger partial charge in [-0.2, -0.15) is 0 Å². The molecule has 0 aromatic heterocycles. The van der Waals surface area contributed by atoms with Crippen LogP contribution in [0.2, 0.25) is 0 Å². The van der Waals surface area contributed by atoms with E-state index in [0.29, 0.717) is 0 Å². The third-order valence-electron chi connectivity index (χ3n) is 3.28. The van der Waals surface area contributed by atoms with Gasteiger partial charge < -0.3 is 0 Å². The molecule has 0 aromatic rings. The van der Waals surface area contributed by atoms with Gasteiger partial charge in [-0.05, 0) is 44.9 Å². The molecular weight excluding hydrogens is 216 g/mol. The summed E-state index contributed by atoms with van der Waals surface area (Å²) in [7, 11) is 0. The second-order valence-corrected chi connectivity index (χ2v) is 5.19. The molecule has 0 saturated heterocycles. The summed E-state index contributed by atoms with van der Waals surface area (Å²) in [6.45, 7) is 4.47. The Morgan fingerprint density at radius 3 is 1.50 bits per heavy atom. The molecule has 0 heteroatoms. The Hall–Kier alpha value is -0.520. The molecule has 0 rings (SSSR count). The first-order chi connectivity index (χ1) is 8.91. The van der Waals surface area contributed by atoms with Crippen molar-refractivity contribution in [2.45, 2.75) is 90.9 Å². The molecule has 0 radical (unpaired) electrons. The molecule has 0 aliphatic rings. The second-order valence-electron chi connectivity index (χ2n) is 5.19. The van der Waals surface area contributed by atoms with Crippen molar-refractivity contribution in [3.63, 3.8) is 0 Å². The van der Waals surface area contributed by atoms with Crippen molar-refractivity contribution >= 4 is 0 Å². The molecule has 0 aliphatic heterocycles. The van der Waals surface area contributed by atoms with Crippen LogP contribution in [0.4, 0.5) is 0 Å². The maximum Gasteiger partial charge on any atom is -0.0351 e. The summed E-state index contributed by atoms with van der Waals surface area (Å²) < 4.78 is 0. The van der Waals surface area contributed by atoms with Crippen molar-refractivity contribution in [2.24, 2.45) is 0 Å². The fraction of sp³-hybridized carbons (Fsp3) is 0.778. The zero-order chi connectivity index (χ0) is 13.3. The van der Waals surface area contributed by atoms with Crippen LogP contribution in [0.15, 0.2) is 24.3 Å². The predicted octanol–water partition coefficient (Wildman–Crippen LogP) is 6.82. The molecule has 0 bridgehead atoms. The Bertz CT molecular complexity index is 188. The molecule has 0 amide bonds. The maximum absolute atomic E-state index is 2.39. The van der Waals surface area contributed by atoms with Crippen LogP contribution in [0.3, 0.4) is 0 Å². The van der Waals surface area contributed by atoms with E-state index in [1.165, 1.54) is 77.0 Å². The summed E-state index contributed by atoms with van der Waals surface area (Å²) in [5.41, 5.74) is 0. The number of hydrogen-bond donors (Lipinski definition) is 0. The first kappa shape index (κ1) is 17.5. The fourth-order valence-electron chi connectivity index (χ4n) is 2.09. The van der Waals surface area contributed by atoms with Gasteiger partial charge in [-0.25, -0.2) is 0 Å². The van der Waals surface area contributed by atoms with Gasteiger partial charge in [0.15, 0.2) is 0 Å². The quantitative estimate of drug-likeness (QED) is 0.248. The van der Waals surface area contributed by atoms with Crippen LogP contribution >= 0.6 is 0 Å². The normalized spacial score (nSPS) is 11.9. The van der Waals surface area contributed by atoms with Crippen LogP contribution in [-0.4, -0.2) is 0 Å². The number of unbranched alkanes of at least 4 members (excludes halogenated alkanes) is 9. The van der Waals surface area contributed by atoms with Gasteiger partial charge in [0.2, 0.25) is 0 Å². The van der Waals surface area contributed by atoms with E-state index in [1.807, 2.05) is 0 Å². The Morgan fingerprint density at radius 1 is 0.500 bits per heavy atom. The highest BCUT2D eigenvalue weighted by molar-refractivity contribution is 4.83. The van der Waals surface area contributed by atoms with E-state index in [4.69, 9.17) is 0 Å². The third kappa shape index (κ3) is 15.5. The van der Waals surface area contributed by atoms with Crippen molar-refractivity contribution in [1.82, 2.24) is 0 Å². The van der Waals surface area contributed by atoms with Crippen LogP contribution < -0.4 is 0 Å². The molecule has 0 nitrogen and oxygen atoms in total. The summed E-state index contributed by atoms with van der Waals surface area (Å²) in [6.07, 6.45) is 25.5. The summed E-state index contributed by atoms with van der Waals surface area (Å²) in [4.78, 5) is 0. The molecule has 0 N–H and O–H groups in total. The van der Waals surface area contributed by atoms with Crippen molar-refractivity contribution in [3.8, 4) is 0 Å². The first-order valence-electron chi connectivity index (χ1n) is 8.21. The fourth-order valence-corrected chi connectivity index (χ4v) is 2.09. The largest absolute Gasteiger partial charge is 0.0888 e. The molecule has 0 spiro atoms. The molecule has 0 aliphatic carbocycles. The molecule has 0 saturated carbocycles. The average Bonchev–Trinajstić information content (AvgIpc) is 2.39. The van der Waals surface area contributed by atoms with Crippen LogP contribution in [0.5, 0.6) is 0 Å². The lowest BCUT2D eigenvalue weighted by molar-refractivity contribution is 0.611. The highest BCUT2D eigenvalue weighted by Crippen LogP contribution is 2.08. The van der Waals surface area contributed by atoms with E-state index in [0.717, 1.165) is 0 Å². The number of allylic oxidation sites excluding steroid dienone is 4. The van der Waals surface area contributed by atoms with Gasteiger partial charge in [-0.3, -0.25) is 0 Å². The summed E-state index contributed by atoms with van der Waals surface area (Å²) in [6, 6.07) is 0. The topological polar surface area (TPSA) is 0 Å². The molecule has 18 heavy (non-hydrogen) atoms. The van der Waals surface area contributed by atoms with E-state index in [1.54, 1.807) is 0 Å². The second kappa shape index (κ2) is 16.5. The minimum atomic E-state index is 1.18. The Labute approximate surface area is 116 Å². The molecule has 0 atom stereocenters. The monoisotopic (exact) mass is 250 g/mol. The zero-order valence-corrected chi connectivity index (χ0v) is 12.8. The van der Waals surface area contributed by atoms with E-state index in [-0.39, 0.29) is 0 Å². The Morgan fingerprint density at radius 2 is 0.944 bits per heavy atom. The molecule has 0 fully saturated rings. The standard InChI is InChI=1S/C18H34/c1-3-5-7-9-11-13-15-17-18-16-14-12-10-8-6-4-2/h5,7,17-18H,3-4,6,8-16H2,1-2H3/b7-5+,18-17+. The highest BCUT2D eigenvalue weighted by Gasteiger charge is 1.88. The molecule has 0 heterocycles. The van der Waals surface area contributed by atoms with Crippen molar-refractivity contribution in [3.05, 3.63) is 24.3 Å². The zero-order valence-electron chi connectivity index (χ0n) is 12.8. The van der Waals surface area contributed by atoms with Gasteiger partial charge in [0.25, 0.3) is 0 Å². The summed E-state index contributed by atoms with van der Waals surface area (Å²) >= 11 is 0. The number of hydrogen-bond acceptors (Lipinski definition) is 0. The third-order valence-corrected chi connectivity index (χ3v) is 3.28. The van der Waals surface area contributed by atoms with Crippen LogP contribution in [0.25, 0.3) is 0 Å². The maximum atomic E-state index is 2.39. The van der Waals surface area contributed by atoms with Crippen LogP contribution in [-0.2, 0) is 0 Å². The lowest BCUT2D eigenvalue weighted by Crippen LogP contribution is -1.78. The van der Waals surface area contributed by atoms with Crippen molar-refractivity contribution < 1.29 is 0 Å². The summed E-state index contributed by atoms with van der Waals surface area (Å²) in [5, 5.41) is 0. The van der Waals surface area contributed by atoms with E-state index >= 15 is 0 Å². The van der Waals surface area contributed by atoms with Gasteiger partial charge in [-0.15, -0.1) is 0 Å². The lowest BCUT2D eigenvalue weighted by atomic mass is 10.1. The van der Waals surface area contributed by atoms with E-state index < -0.39 is 0 Å². The first-order valence-corrected chi connectivity index (χ1v) is 8.21. The summed E-state index contributed by atoms with van der Waals surface area (Å²) in [5.74, 6) is 0. The van der Waals surface area contributed by atoms with Gasteiger partial charge in [0.1, 0.15) is 0 Å². The molecule has 106 valence electrons. The Kier molecular flexibility index (Phi) is 16.0. The van der Waals surface area contributed by atoms with E-state index in [2.05, 4.69) is 38.2 Å². The molecule has 0 aromatic carbocycles. The Balaban J connectivity index is 3.07. The van der Waals surface area contributed by atoms with Gasteiger partial charge in [-0.1, -0.05) is 70.3 Å². The van der Waals surface area contributed by atoms with Gasteiger partial charge in [0, 0.05) is 0 Å².